The fourth-order valence-corrected chi connectivity index (χ4v) is 1.61. The second-order valence-electron chi connectivity index (χ2n) is 4.68. The first-order chi connectivity index (χ1) is 8.63. The van der Waals surface area contributed by atoms with E-state index < -0.39 is 0 Å². The van der Waals surface area contributed by atoms with Crippen LogP contribution < -0.4 is 15.8 Å². The van der Waals surface area contributed by atoms with Gasteiger partial charge in [0.25, 0.3) is 0 Å². The number of anilines is 2. The van der Waals surface area contributed by atoms with E-state index in [1.807, 2.05) is 18.2 Å². The number of nitrogens with one attached hydrogen (secondary N) is 1. The maximum absolute atomic E-state index is 5.87. The van der Waals surface area contributed by atoms with E-state index in [-0.39, 0.29) is 0 Å². The van der Waals surface area contributed by atoms with Crippen molar-refractivity contribution in [3.63, 3.8) is 0 Å². The maximum Gasteiger partial charge on any atom is 0.144 e. The van der Waals surface area contributed by atoms with Crippen molar-refractivity contribution in [1.82, 2.24) is 4.90 Å². The van der Waals surface area contributed by atoms with Crippen LogP contribution in [0.1, 0.15) is 19.8 Å². The smallest absolute Gasteiger partial charge is 0.144 e. The molecule has 102 valence electrons. The SMILES string of the molecule is CCCOc1cc(NCCCN(C)C)ccc1N. The zero-order valence-electron chi connectivity index (χ0n) is 11.7. The highest BCUT2D eigenvalue weighted by atomic mass is 16.5. The quantitative estimate of drug-likeness (QED) is 0.550. The summed E-state index contributed by atoms with van der Waals surface area (Å²) in [5.41, 5.74) is 7.63. The fraction of sp³-hybridized carbons (Fsp3) is 0.571. The Morgan fingerprint density at radius 1 is 1.33 bits per heavy atom. The third-order valence-corrected chi connectivity index (χ3v) is 2.59. The summed E-state index contributed by atoms with van der Waals surface area (Å²) in [6.07, 6.45) is 2.10. The molecule has 4 nitrogen and oxygen atoms in total. The van der Waals surface area contributed by atoms with E-state index in [0.717, 1.165) is 37.4 Å². The molecule has 0 heterocycles. The highest BCUT2D eigenvalue weighted by Crippen LogP contribution is 2.25. The number of benzene rings is 1. The molecule has 18 heavy (non-hydrogen) atoms. The highest BCUT2D eigenvalue weighted by molar-refractivity contribution is 5.61. The summed E-state index contributed by atoms with van der Waals surface area (Å²) in [6.45, 7) is 4.82. The van der Waals surface area contributed by atoms with Crippen molar-refractivity contribution >= 4 is 11.4 Å². The lowest BCUT2D eigenvalue weighted by molar-refractivity contribution is 0.319. The maximum atomic E-state index is 5.87. The number of nitrogens with zero attached hydrogens (tertiary/aromatic N) is 1. The molecule has 0 saturated carbocycles. The van der Waals surface area contributed by atoms with Gasteiger partial charge in [-0.3, -0.25) is 0 Å². The Balaban J connectivity index is 2.45. The van der Waals surface area contributed by atoms with Crippen molar-refractivity contribution in [3.05, 3.63) is 18.2 Å². The van der Waals surface area contributed by atoms with Crippen LogP contribution in [0.3, 0.4) is 0 Å². The van der Waals surface area contributed by atoms with Gasteiger partial charge in [-0.15, -0.1) is 0 Å². The molecular formula is C14H25N3O. The Morgan fingerprint density at radius 3 is 2.78 bits per heavy atom. The molecule has 0 saturated heterocycles. The summed E-state index contributed by atoms with van der Waals surface area (Å²) in [5, 5.41) is 3.38. The largest absolute Gasteiger partial charge is 0.491 e. The Bertz CT molecular complexity index is 353. The monoisotopic (exact) mass is 251 g/mol. The van der Waals surface area contributed by atoms with Crippen molar-refractivity contribution in [1.29, 1.82) is 0 Å². The lowest BCUT2D eigenvalue weighted by Gasteiger charge is -2.13. The van der Waals surface area contributed by atoms with Crippen molar-refractivity contribution in [2.24, 2.45) is 0 Å². The number of rotatable bonds is 8. The summed E-state index contributed by atoms with van der Waals surface area (Å²) in [7, 11) is 4.17. The van der Waals surface area contributed by atoms with Gasteiger partial charge in [-0.25, -0.2) is 0 Å². The normalized spacial score (nSPS) is 10.7. The van der Waals surface area contributed by atoms with Gasteiger partial charge in [0.15, 0.2) is 0 Å². The molecule has 0 fully saturated rings. The minimum atomic E-state index is 0.697. The predicted molar refractivity (Wildman–Crippen MR) is 78.3 cm³/mol. The van der Waals surface area contributed by atoms with Gasteiger partial charge in [0.05, 0.1) is 12.3 Å². The molecule has 0 amide bonds. The van der Waals surface area contributed by atoms with Crippen molar-refractivity contribution in [3.8, 4) is 5.75 Å². The molecule has 0 aliphatic rings. The summed E-state index contributed by atoms with van der Waals surface area (Å²) in [5.74, 6) is 0.773. The molecule has 0 unspecified atom stereocenters. The van der Waals surface area contributed by atoms with Crippen molar-refractivity contribution < 1.29 is 4.74 Å². The van der Waals surface area contributed by atoms with Gasteiger partial charge in [-0.2, -0.15) is 0 Å². The molecule has 0 spiro atoms. The molecule has 1 aromatic carbocycles. The molecule has 0 aliphatic heterocycles. The molecule has 0 aromatic heterocycles. The second-order valence-corrected chi connectivity index (χ2v) is 4.68. The molecule has 3 N–H and O–H groups in total. The van der Waals surface area contributed by atoms with Crippen LogP contribution in [0.5, 0.6) is 5.75 Å². The molecule has 4 heteroatoms. The van der Waals surface area contributed by atoms with Crippen LogP contribution >= 0.6 is 0 Å². The molecule has 0 atom stereocenters. The van der Waals surface area contributed by atoms with Crippen LogP contribution in [-0.2, 0) is 0 Å². The predicted octanol–water partition coefficient (Wildman–Crippen LogP) is 2.42. The summed E-state index contributed by atoms with van der Waals surface area (Å²) in [4.78, 5) is 2.18. The van der Waals surface area contributed by atoms with Gasteiger partial charge >= 0.3 is 0 Å². The average Bonchev–Trinajstić information content (AvgIpc) is 2.34. The van der Waals surface area contributed by atoms with Gasteiger partial charge in [-0.05, 0) is 45.6 Å². The number of nitrogen functional groups attached to an aromatic ring is 1. The second kappa shape index (κ2) is 7.82. The highest BCUT2D eigenvalue weighted by Gasteiger charge is 2.02. The minimum Gasteiger partial charge on any atom is -0.491 e. The Morgan fingerprint density at radius 2 is 2.11 bits per heavy atom. The van der Waals surface area contributed by atoms with Crippen LogP contribution in [0.15, 0.2) is 18.2 Å². The number of hydrogen-bond donors (Lipinski definition) is 2. The van der Waals surface area contributed by atoms with Gasteiger partial charge in [0.2, 0.25) is 0 Å². The zero-order valence-corrected chi connectivity index (χ0v) is 11.7. The Hall–Kier alpha value is -1.42. The first kappa shape index (κ1) is 14.6. The van der Waals surface area contributed by atoms with Gasteiger partial charge in [-0.1, -0.05) is 6.92 Å². The van der Waals surface area contributed by atoms with Crippen LogP contribution in [-0.4, -0.2) is 38.7 Å². The molecule has 0 bridgehead atoms. The lowest BCUT2D eigenvalue weighted by atomic mass is 10.2. The first-order valence-electron chi connectivity index (χ1n) is 6.54. The van der Waals surface area contributed by atoms with Gasteiger partial charge < -0.3 is 20.7 Å². The molecule has 1 rings (SSSR count). The van der Waals surface area contributed by atoms with Crippen LogP contribution in [0.2, 0.25) is 0 Å². The van der Waals surface area contributed by atoms with Gasteiger partial charge in [0, 0.05) is 18.3 Å². The van der Waals surface area contributed by atoms with E-state index in [0.29, 0.717) is 12.3 Å². The first-order valence-corrected chi connectivity index (χ1v) is 6.54. The van der Waals surface area contributed by atoms with E-state index in [1.54, 1.807) is 0 Å². The summed E-state index contributed by atoms with van der Waals surface area (Å²) in [6, 6.07) is 5.85. The zero-order chi connectivity index (χ0) is 13.4. The van der Waals surface area contributed by atoms with Crippen molar-refractivity contribution in [2.45, 2.75) is 19.8 Å². The molecule has 0 aliphatic carbocycles. The minimum absolute atomic E-state index is 0.697. The van der Waals surface area contributed by atoms with Crippen molar-refractivity contribution in [2.75, 3.05) is 44.8 Å². The Labute approximate surface area is 110 Å². The molecule has 0 radical (unpaired) electrons. The number of nitrogens with two attached hydrogens (primary N) is 1. The third kappa shape index (κ3) is 5.27. The standard InChI is InChI=1S/C14H25N3O/c1-4-10-18-14-11-12(6-7-13(14)15)16-8-5-9-17(2)3/h6-7,11,16H,4-5,8-10,15H2,1-3H3. The Kier molecular flexibility index (Phi) is 6.36. The van der Waals surface area contributed by atoms with Crippen LogP contribution in [0, 0.1) is 0 Å². The molecular weight excluding hydrogens is 226 g/mol. The van der Waals surface area contributed by atoms with E-state index in [4.69, 9.17) is 10.5 Å². The van der Waals surface area contributed by atoms with Crippen LogP contribution in [0.25, 0.3) is 0 Å². The number of ether oxygens (including phenoxy) is 1. The average molecular weight is 251 g/mol. The molecule has 1 aromatic rings. The van der Waals surface area contributed by atoms with Gasteiger partial charge in [0.1, 0.15) is 5.75 Å². The third-order valence-electron chi connectivity index (χ3n) is 2.59. The van der Waals surface area contributed by atoms with Crippen LogP contribution in [0.4, 0.5) is 11.4 Å². The van der Waals surface area contributed by atoms with E-state index in [9.17, 15) is 0 Å². The van der Waals surface area contributed by atoms with E-state index in [2.05, 4.69) is 31.2 Å². The van der Waals surface area contributed by atoms with E-state index >= 15 is 0 Å². The fourth-order valence-electron chi connectivity index (χ4n) is 1.61. The lowest BCUT2D eigenvalue weighted by Crippen LogP contribution is -2.16. The summed E-state index contributed by atoms with van der Waals surface area (Å²) >= 11 is 0. The van der Waals surface area contributed by atoms with E-state index in [1.165, 1.54) is 0 Å². The topological polar surface area (TPSA) is 50.5 Å². The summed E-state index contributed by atoms with van der Waals surface area (Å²) < 4.78 is 5.60. The number of hydrogen-bond acceptors (Lipinski definition) is 4.